The van der Waals surface area contributed by atoms with Crippen molar-refractivity contribution in [3.05, 3.63) is 54.1 Å². The van der Waals surface area contributed by atoms with E-state index in [0.717, 1.165) is 15.8 Å². The van der Waals surface area contributed by atoms with Crippen molar-refractivity contribution in [2.75, 3.05) is 25.3 Å². The third-order valence-corrected chi connectivity index (χ3v) is 5.42. The first-order valence-electron chi connectivity index (χ1n) is 7.72. The Morgan fingerprint density at radius 1 is 1.08 bits per heavy atom. The van der Waals surface area contributed by atoms with Gasteiger partial charge in [0.05, 0.1) is 20.0 Å². The Kier molecular flexibility index (Phi) is 6.08. The lowest BCUT2D eigenvalue weighted by molar-refractivity contribution is 0.102. The van der Waals surface area contributed by atoms with Gasteiger partial charge in [-0.05, 0) is 24.3 Å². The third-order valence-electron chi connectivity index (χ3n) is 3.45. The SMILES string of the molecule is COc1cccc(Nc2nnc(SCC(=O)c3cccc(OC)c3)s2)c1. The van der Waals surface area contributed by atoms with E-state index >= 15 is 0 Å². The average Bonchev–Trinajstić information content (AvgIpc) is 3.13. The van der Waals surface area contributed by atoms with Crippen molar-refractivity contribution in [2.45, 2.75) is 4.34 Å². The van der Waals surface area contributed by atoms with Crippen molar-refractivity contribution < 1.29 is 14.3 Å². The van der Waals surface area contributed by atoms with Gasteiger partial charge in [-0.25, -0.2) is 0 Å². The summed E-state index contributed by atoms with van der Waals surface area (Å²) in [5.74, 6) is 1.74. The average molecular weight is 387 g/mol. The van der Waals surface area contributed by atoms with Crippen LogP contribution in [0.1, 0.15) is 10.4 Å². The number of nitrogens with one attached hydrogen (secondary N) is 1. The molecule has 0 saturated heterocycles. The normalized spacial score (nSPS) is 10.4. The highest BCUT2D eigenvalue weighted by atomic mass is 32.2. The predicted octanol–water partition coefficient (Wildman–Crippen LogP) is 4.27. The number of hydrogen-bond acceptors (Lipinski definition) is 8. The van der Waals surface area contributed by atoms with E-state index in [1.54, 1.807) is 32.4 Å². The molecule has 6 nitrogen and oxygen atoms in total. The van der Waals surface area contributed by atoms with Crippen LogP contribution in [0.5, 0.6) is 11.5 Å². The number of carbonyl (C=O) groups excluding carboxylic acids is 1. The zero-order valence-corrected chi connectivity index (χ0v) is 15.9. The molecule has 0 unspecified atom stereocenters. The Hall–Kier alpha value is -2.58. The first kappa shape index (κ1) is 18.2. The van der Waals surface area contributed by atoms with E-state index in [1.165, 1.54) is 23.1 Å². The monoisotopic (exact) mass is 387 g/mol. The molecule has 0 radical (unpaired) electrons. The van der Waals surface area contributed by atoms with Gasteiger partial charge >= 0.3 is 0 Å². The number of Topliss-reactive ketones (excluding diaryl/α,β-unsaturated/α-hetero) is 1. The summed E-state index contributed by atoms with van der Waals surface area (Å²) in [6, 6.07) is 14.7. The molecule has 2 aromatic carbocycles. The molecule has 3 rings (SSSR count). The molecule has 0 fully saturated rings. The minimum atomic E-state index is 0.0198. The van der Waals surface area contributed by atoms with Crippen LogP contribution in [-0.4, -0.2) is 36.0 Å². The molecule has 0 aliphatic carbocycles. The number of rotatable bonds is 8. The number of carbonyl (C=O) groups is 1. The maximum absolute atomic E-state index is 12.3. The number of ketones is 1. The fourth-order valence-electron chi connectivity index (χ4n) is 2.15. The maximum atomic E-state index is 12.3. The van der Waals surface area contributed by atoms with Crippen LogP contribution in [0.25, 0.3) is 0 Å². The minimum absolute atomic E-state index is 0.0198. The van der Waals surface area contributed by atoms with Gasteiger partial charge in [0.1, 0.15) is 11.5 Å². The number of thioether (sulfide) groups is 1. The molecule has 1 heterocycles. The lowest BCUT2D eigenvalue weighted by Gasteiger charge is -2.04. The highest BCUT2D eigenvalue weighted by Gasteiger charge is 2.11. The summed E-state index contributed by atoms with van der Waals surface area (Å²) >= 11 is 2.76. The Morgan fingerprint density at radius 2 is 1.81 bits per heavy atom. The van der Waals surface area contributed by atoms with E-state index in [9.17, 15) is 4.79 Å². The van der Waals surface area contributed by atoms with Crippen molar-refractivity contribution in [3.63, 3.8) is 0 Å². The Labute approximate surface area is 159 Å². The Morgan fingerprint density at radius 3 is 2.58 bits per heavy atom. The van der Waals surface area contributed by atoms with Crippen LogP contribution in [0.2, 0.25) is 0 Å². The topological polar surface area (TPSA) is 73.3 Å². The second kappa shape index (κ2) is 8.68. The zero-order valence-electron chi connectivity index (χ0n) is 14.3. The van der Waals surface area contributed by atoms with Crippen molar-refractivity contribution in [1.29, 1.82) is 0 Å². The summed E-state index contributed by atoms with van der Waals surface area (Å²) in [6.07, 6.45) is 0. The van der Waals surface area contributed by atoms with Gasteiger partial charge in [-0.15, -0.1) is 10.2 Å². The van der Waals surface area contributed by atoms with Gasteiger partial charge in [-0.1, -0.05) is 41.3 Å². The quantitative estimate of drug-likeness (QED) is 0.457. The van der Waals surface area contributed by atoms with Crippen LogP contribution in [-0.2, 0) is 0 Å². The highest BCUT2D eigenvalue weighted by molar-refractivity contribution is 8.01. The lowest BCUT2D eigenvalue weighted by atomic mass is 10.1. The highest BCUT2D eigenvalue weighted by Crippen LogP contribution is 2.29. The van der Waals surface area contributed by atoms with E-state index in [1.807, 2.05) is 30.3 Å². The fourth-order valence-corrected chi connectivity index (χ4v) is 3.82. The van der Waals surface area contributed by atoms with Gasteiger partial charge in [0.2, 0.25) is 5.13 Å². The molecular formula is C18H17N3O3S2. The van der Waals surface area contributed by atoms with Crippen LogP contribution in [0.15, 0.2) is 52.9 Å². The number of nitrogens with zero attached hydrogens (tertiary/aromatic N) is 2. The van der Waals surface area contributed by atoms with Crippen LogP contribution in [0, 0.1) is 0 Å². The van der Waals surface area contributed by atoms with Gasteiger partial charge < -0.3 is 14.8 Å². The number of benzene rings is 2. The van der Waals surface area contributed by atoms with Crippen LogP contribution in [0.4, 0.5) is 10.8 Å². The van der Waals surface area contributed by atoms with Gasteiger partial charge in [-0.2, -0.15) is 0 Å². The molecule has 26 heavy (non-hydrogen) atoms. The lowest BCUT2D eigenvalue weighted by Crippen LogP contribution is -2.02. The molecular weight excluding hydrogens is 370 g/mol. The van der Waals surface area contributed by atoms with E-state index in [4.69, 9.17) is 9.47 Å². The largest absolute Gasteiger partial charge is 0.497 e. The van der Waals surface area contributed by atoms with Crippen molar-refractivity contribution in [2.24, 2.45) is 0 Å². The second-order valence-electron chi connectivity index (χ2n) is 5.17. The van der Waals surface area contributed by atoms with Crippen LogP contribution < -0.4 is 14.8 Å². The van der Waals surface area contributed by atoms with Crippen molar-refractivity contribution in [3.8, 4) is 11.5 Å². The summed E-state index contributed by atoms with van der Waals surface area (Å²) in [5, 5.41) is 12.1. The number of hydrogen-bond donors (Lipinski definition) is 1. The first-order valence-corrected chi connectivity index (χ1v) is 9.53. The molecule has 0 aliphatic rings. The Balaban J connectivity index is 1.58. The Bertz CT molecular complexity index is 899. The summed E-state index contributed by atoms with van der Waals surface area (Å²) in [7, 11) is 3.20. The zero-order chi connectivity index (χ0) is 18.4. The fraction of sp³-hybridized carbons (Fsp3) is 0.167. The molecule has 0 spiro atoms. The third kappa shape index (κ3) is 4.74. The summed E-state index contributed by atoms with van der Waals surface area (Å²) < 4.78 is 11.1. The standard InChI is InChI=1S/C18H17N3O3S2/c1-23-14-7-3-5-12(9-14)16(22)11-25-18-21-20-17(26-18)19-13-6-4-8-15(10-13)24-2/h3-10H,11H2,1-2H3,(H,19,20). The summed E-state index contributed by atoms with van der Waals surface area (Å²) in [5.41, 5.74) is 1.49. The molecule has 1 N–H and O–H groups in total. The van der Waals surface area contributed by atoms with Gasteiger partial charge in [-0.3, -0.25) is 4.79 Å². The first-order chi connectivity index (χ1) is 12.7. The predicted molar refractivity (Wildman–Crippen MR) is 104 cm³/mol. The molecule has 1 aromatic heterocycles. The number of anilines is 2. The van der Waals surface area contributed by atoms with E-state index < -0.39 is 0 Å². The molecule has 134 valence electrons. The van der Waals surface area contributed by atoms with E-state index in [-0.39, 0.29) is 5.78 Å². The number of aromatic nitrogens is 2. The maximum Gasteiger partial charge on any atom is 0.210 e. The molecule has 0 saturated carbocycles. The summed E-state index contributed by atoms with van der Waals surface area (Å²) in [4.78, 5) is 12.3. The number of methoxy groups -OCH3 is 2. The summed E-state index contributed by atoms with van der Waals surface area (Å²) in [6.45, 7) is 0. The van der Waals surface area contributed by atoms with Crippen LogP contribution >= 0.6 is 23.1 Å². The molecule has 0 atom stereocenters. The smallest absolute Gasteiger partial charge is 0.210 e. The van der Waals surface area contributed by atoms with Crippen molar-refractivity contribution in [1.82, 2.24) is 10.2 Å². The number of ether oxygens (including phenoxy) is 2. The second-order valence-corrected chi connectivity index (χ2v) is 7.37. The molecule has 0 bridgehead atoms. The van der Waals surface area contributed by atoms with Gasteiger partial charge in [0, 0.05) is 17.3 Å². The van der Waals surface area contributed by atoms with E-state index in [0.29, 0.717) is 22.2 Å². The minimum Gasteiger partial charge on any atom is -0.497 e. The van der Waals surface area contributed by atoms with Gasteiger partial charge in [0.25, 0.3) is 0 Å². The van der Waals surface area contributed by atoms with Crippen LogP contribution in [0.3, 0.4) is 0 Å². The van der Waals surface area contributed by atoms with Gasteiger partial charge in [0.15, 0.2) is 10.1 Å². The molecule has 8 heteroatoms. The van der Waals surface area contributed by atoms with Crippen molar-refractivity contribution >= 4 is 39.7 Å². The molecule has 3 aromatic rings. The van der Waals surface area contributed by atoms with E-state index in [2.05, 4.69) is 15.5 Å². The molecule has 0 amide bonds. The molecule has 0 aliphatic heterocycles.